The summed E-state index contributed by atoms with van der Waals surface area (Å²) >= 11 is 0. The Morgan fingerprint density at radius 1 is 1.26 bits per heavy atom. The Labute approximate surface area is 118 Å². The van der Waals surface area contributed by atoms with Gasteiger partial charge < -0.3 is 15.2 Å². The number of rotatable bonds is 8. The molecule has 0 aliphatic heterocycles. The van der Waals surface area contributed by atoms with Crippen LogP contribution in [-0.2, 0) is 4.74 Å². The van der Waals surface area contributed by atoms with Crippen molar-refractivity contribution in [3.63, 3.8) is 0 Å². The van der Waals surface area contributed by atoms with Crippen LogP contribution in [0.15, 0.2) is 12.2 Å². The van der Waals surface area contributed by atoms with Crippen molar-refractivity contribution in [2.24, 2.45) is 17.8 Å². The average molecular weight is 269 g/mol. The van der Waals surface area contributed by atoms with Gasteiger partial charge in [0.25, 0.3) is 0 Å². The number of hydrogen-bond acceptors (Lipinski definition) is 3. The molecule has 0 radical (unpaired) electrons. The van der Waals surface area contributed by atoms with Crippen LogP contribution >= 0.6 is 0 Å². The smallest absolute Gasteiger partial charge is 0.0897 e. The molecule has 0 amide bonds. The fourth-order valence-electron chi connectivity index (χ4n) is 2.21. The minimum Gasteiger partial charge on any atom is -0.389 e. The van der Waals surface area contributed by atoms with Crippen molar-refractivity contribution in [2.75, 3.05) is 19.8 Å². The lowest BCUT2D eigenvalue weighted by Gasteiger charge is -2.25. The lowest BCUT2D eigenvalue weighted by Crippen LogP contribution is -2.38. The van der Waals surface area contributed by atoms with Gasteiger partial charge in [0, 0.05) is 12.6 Å². The Kier molecular flexibility index (Phi) is 7.66. The predicted molar refractivity (Wildman–Crippen MR) is 80.2 cm³/mol. The Morgan fingerprint density at radius 2 is 1.95 bits per heavy atom. The molecule has 0 heterocycles. The topological polar surface area (TPSA) is 41.5 Å². The molecule has 0 saturated heterocycles. The van der Waals surface area contributed by atoms with Gasteiger partial charge in [0.05, 0.1) is 19.3 Å². The van der Waals surface area contributed by atoms with Gasteiger partial charge in [0.15, 0.2) is 0 Å². The third-order valence-corrected chi connectivity index (χ3v) is 4.24. The molecule has 3 nitrogen and oxygen atoms in total. The highest BCUT2D eigenvalue weighted by Gasteiger charge is 2.18. The predicted octanol–water partition coefficient (Wildman–Crippen LogP) is 2.60. The first-order chi connectivity index (χ1) is 9.00. The summed E-state index contributed by atoms with van der Waals surface area (Å²) in [6.07, 6.45) is 6.36. The molecule has 19 heavy (non-hydrogen) atoms. The SMILES string of the molecule is CC(C)C(C)NCC(O)COCC1CC=CCC1C. The van der Waals surface area contributed by atoms with E-state index in [4.69, 9.17) is 4.74 Å². The summed E-state index contributed by atoms with van der Waals surface area (Å²) in [5, 5.41) is 13.2. The van der Waals surface area contributed by atoms with Gasteiger partial charge in [-0.1, -0.05) is 32.9 Å². The first-order valence-electron chi connectivity index (χ1n) is 7.64. The minimum atomic E-state index is -0.407. The molecule has 3 heteroatoms. The molecule has 0 fully saturated rings. The second-order valence-electron chi connectivity index (χ2n) is 6.31. The molecule has 112 valence electrons. The van der Waals surface area contributed by atoms with E-state index in [1.807, 2.05) is 0 Å². The van der Waals surface area contributed by atoms with Gasteiger partial charge in [-0.15, -0.1) is 0 Å². The fourth-order valence-corrected chi connectivity index (χ4v) is 2.21. The van der Waals surface area contributed by atoms with E-state index in [9.17, 15) is 5.11 Å². The summed E-state index contributed by atoms with van der Waals surface area (Å²) in [5.41, 5.74) is 0. The van der Waals surface area contributed by atoms with Crippen LogP contribution in [0.25, 0.3) is 0 Å². The molecule has 0 aromatic heterocycles. The third kappa shape index (κ3) is 6.55. The van der Waals surface area contributed by atoms with E-state index in [1.54, 1.807) is 0 Å². The Hall–Kier alpha value is -0.380. The zero-order valence-electron chi connectivity index (χ0n) is 12.9. The Balaban J connectivity index is 2.10. The molecule has 0 bridgehead atoms. The molecule has 0 saturated carbocycles. The second-order valence-corrected chi connectivity index (χ2v) is 6.31. The van der Waals surface area contributed by atoms with E-state index < -0.39 is 6.10 Å². The molecule has 4 unspecified atom stereocenters. The second kappa shape index (κ2) is 8.72. The molecule has 0 aromatic carbocycles. The summed E-state index contributed by atoms with van der Waals surface area (Å²) < 4.78 is 5.67. The van der Waals surface area contributed by atoms with Crippen LogP contribution in [0.3, 0.4) is 0 Å². The minimum absolute atomic E-state index is 0.407. The fraction of sp³-hybridized carbons (Fsp3) is 0.875. The largest absolute Gasteiger partial charge is 0.389 e. The van der Waals surface area contributed by atoms with Gasteiger partial charge in [0.1, 0.15) is 0 Å². The van der Waals surface area contributed by atoms with Crippen LogP contribution < -0.4 is 5.32 Å². The van der Waals surface area contributed by atoms with Gasteiger partial charge in [-0.3, -0.25) is 0 Å². The summed E-state index contributed by atoms with van der Waals surface area (Å²) in [7, 11) is 0. The van der Waals surface area contributed by atoms with Crippen LogP contribution in [0, 0.1) is 17.8 Å². The molecule has 1 aliphatic carbocycles. The molecular formula is C16H31NO2. The molecule has 0 aromatic rings. The maximum atomic E-state index is 9.87. The first kappa shape index (κ1) is 16.7. The number of aliphatic hydroxyl groups excluding tert-OH is 1. The lowest BCUT2D eigenvalue weighted by atomic mass is 9.85. The standard InChI is InChI=1S/C16H31NO2/c1-12(2)14(4)17-9-16(18)11-19-10-15-8-6-5-7-13(15)3/h5-6,12-18H,7-11H2,1-4H3. The van der Waals surface area contributed by atoms with Crippen LogP contribution in [0.5, 0.6) is 0 Å². The van der Waals surface area contributed by atoms with Gasteiger partial charge >= 0.3 is 0 Å². The summed E-state index contributed by atoms with van der Waals surface area (Å²) in [5.74, 6) is 1.89. The monoisotopic (exact) mass is 269 g/mol. The number of ether oxygens (including phenoxy) is 1. The highest BCUT2D eigenvalue weighted by atomic mass is 16.5. The zero-order valence-corrected chi connectivity index (χ0v) is 12.9. The highest BCUT2D eigenvalue weighted by molar-refractivity contribution is 4.93. The first-order valence-corrected chi connectivity index (χ1v) is 7.64. The van der Waals surface area contributed by atoms with Gasteiger partial charge in [-0.25, -0.2) is 0 Å². The zero-order chi connectivity index (χ0) is 14.3. The van der Waals surface area contributed by atoms with Crippen LogP contribution in [0.1, 0.15) is 40.5 Å². The van der Waals surface area contributed by atoms with Crippen LogP contribution in [0.4, 0.5) is 0 Å². The van der Waals surface area contributed by atoms with Crippen molar-refractivity contribution in [2.45, 2.75) is 52.7 Å². The molecule has 2 N–H and O–H groups in total. The van der Waals surface area contributed by atoms with Gasteiger partial charge in [-0.05, 0) is 37.5 Å². The highest BCUT2D eigenvalue weighted by Crippen LogP contribution is 2.24. The number of nitrogens with one attached hydrogen (secondary N) is 1. The Morgan fingerprint density at radius 3 is 2.58 bits per heavy atom. The van der Waals surface area contributed by atoms with Crippen molar-refractivity contribution in [1.82, 2.24) is 5.32 Å². The molecule has 0 spiro atoms. The van der Waals surface area contributed by atoms with E-state index >= 15 is 0 Å². The average Bonchev–Trinajstić information content (AvgIpc) is 2.38. The van der Waals surface area contributed by atoms with E-state index in [0.29, 0.717) is 36.9 Å². The summed E-state index contributed by atoms with van der Waals surface area (Å²) in [4.78, 5) is 0. The van der Waals surface area contributed by atoms with Crippen molar-refractivity contribution >= 4 is 0 Å². The van der Waals surface area contributed by atoms with Crippen molar-refractivity contribution in [3.05, 3.63) is 12.2 Å². The lowest BCUT2D eigenvalue weighted by molar-refractivity contribution is 0.0116. The summed E-state index contributed by atoms with van der Waals surface area (Å²) in [6, 6.07) is 0.429. The van der Waals surface area contributed by atoms with E-state index in [0.717, 1.165) is 19.4 Å². The van der Waals surface area contributed by atoms with Gasteiger partial charge in [0.2, 0.25) is 0 Å². The maximum absolute atomic E-state index is 9.87. The normalized spacial score (nSPS) is 26.6. The maximum Gasteiger partial charge on any atom is 0.0897 e. The quantitative estimate of drug-likeness (QED) is 0.666. The van der Waals surface area contributed by atoms with Crippen molar-refractivity contribution in [3.8, 4) is 0 Å². The van der Waals surface area contributed by atoms with E-state index in [2.05, 4.69) is 45.2 Å². The van der Waals surface area contributed by atoms with Crippen LogP contribution in [0.2, 0.25) is 0 Å². The summed E-state index contributed by atoms with van der Waals surface area (Å²) in [6.45, 7) is 10.6. The molecular weight excluding hydrogens is 238 g/mol. The number of allylic oxidation sites excluding steroid dienone is 2. The Bertz CT molecular complexity index is 265. The van der Waals surface area contributed by atoms with Gasteiger partial charge in [-0.2, -0.15) is 0 Å². The third-order valence-electron chi connectivity index (χ3n) is 4.24. The van der Waals surface area contributed by atoms with E-state index in [1.165, 1.54) is 0 Å². The van der Waals surface area contributed by atoms with Crippen molar-refractivity contribution in [1.29, 1.82) is 0 Å². The molecule has 1 rings (SSSR count). The van der Waals surface area contributed by atoms with E-state index in [-0.39, 0.29) is 0 Å². The van der Waals surface area contributed by atoms with Crippen molar-refractivity contribution < 1.29 is 9.84 Å². The number of aliphatic hydroxyl groups is 1. The molecule has 1 aliphatic rings. The number of hydrogen-bond donors (Lipinski definition) is 2. The van der Waals surface area contributed by atoms with Crippen LogP contribution in [-0.4, -0.2) is 37.0 Å². The molecule has 4 atom stereocenters.